The van der Waals surface area contributed by atoms with Gasteiger partial charge in [0.15, 0.2) is 5.57 Å². The van der Waals surface area contributed by atoms with Crippen LogP contribution in [0.4, 0.5) is 0 Å². The molecule has 3 atom stereocenters. The van der Waals surface area contributed by atoms with Gasteiger partial charge in [-0.3, -0.25) is 4.90 Å². The molecule has 2 rings (SSSR count). The van der Waals surface area contributed by atoms with Crippen molar-refractivity contribution < 1.29 is 19.8 Å². The third-order valence-electron chi connectivity index (χ3n) is 4.35. The lowest BCUT2D eigenvalue weighted by Gasteiger charge is -2.55. The Kier molecular flexibility index (Phi) is 5.40. The van der Waals surface area contributed by atoms with Crippen LogP contribution in [0.15, 0.2) is 9.81 Å². The van der Waals surface area contributed by atoms with Crippen LogP contribution in [0.3, 0.4) is 0 Å². The van der Waals surface area contributed by atoms with Gasteiger partial charge in [-0.2, -0.15) is 0 Å². The third kappa shape index (κ3) is 3.01. The molecule has 0 saturated carbocycles. The second-order valence-electron chi connectivity index (χ2n) is 6.54. The highest BCUT2D eigenvalue weighted by Gasteiger charge is 2.58. The molecule has 2 aliphatic heterocycles. The van der Waals surface area contributed by atoms with E-state index < -0.39 is 17.5 Å². The minimum absolute atomic E-state index is 0.0326. The lowest BCUT2D eigenvalue weighted by Crippen LogP contribution is -2.69. The van der Waals surface area contributed by atoms with Gasteiger partial charge in [0.1, 0.15) is 4.87 Å². The van der Waals surface area contributed by atoms with Crippen molar-refractivity contribution in [3.63, 3.8) is 0 Å². The number of rotatable bonds is 4. The first-order chi connectivity index (χ1) is 10.6. The number of hydrogen-bond acceptors (Lipinski definition) is 6. The number of hydrogen-bond donors (Lipinski definition) is 3. The Balaban J connectivity index is 2.57. The van der Waals surface area contributed by atoms with E-state index in [0.29, 0.717) is 10.3 Å². The van der Waals surface area contributed by atoms with Gasteiger partial charge in [-0.1, -0.05) is 37.4 Å². The Morgan fingerprint density at radius 3 is 2.26 bits per heavy atom. The van der Waals surface area contributed by atoms with E-state index >= 15 is 0 Å². The summed E-state index contributed by atoms with van der Waals surface area (Å²) in [6.07, 6.45) is 0. The highest BCUT2D eigenvalue weighted by Crippen LogP contribution is 2.60. The van der Waals surface area contributed by atoms with Gasteiger partial charge in [0, 0.05) is 18.6 Å². The van der Waals surface area contributed by atoms with Crippen molar-refractivity contribution >= 4 is 35.5 Å². The number of carboxylic acids is 2. The van der Waals surface area contributed by atoms with Crippen molar-refractivity contribution in [2.45, 2.75) is 56.9 Å². The van der Waals surface area contributed by atoms with E-state index in [0.717, 1.165) is 6.54 Å². The van der Waals surface area contributed by atoms with Gasteiger partial charge in [0.05, 0.1) is 9.61 Å². The average molecular weight is 361 g/mol. The van der Waals surface area contributed by atoms with E-state index in [2.05, 4.69) is 44.8 Å². The zero-order chi connectivity index (χ0) is 17.5. The molecule has 8 heteroatoms. The third-order valence-corrected chi connectivity index (χ3v) is 7.85. The summed E-state index contributed by atoms with van der Waals surface area (Å²) in [7, 11) is 0. The van der Waals surface area contributed by atoms with Crippen molar-refractivity contribution in [3.05, 3.63) is 9.81 Å². The van der Waals surface area contributed by atoms with Crippen LogP contribution in [0.1, 0.15) is 34.6 Å². The fraction of sp³-hybridized carbons (Fsp3) is 0.733. The number of nitrogens with one attached hydrogen (secondary N) is 1. The number of carboxylic acid groups (broad SMARTS) is 2. The van der Waals surface area contributed by atoms with Crippen LogP contribution in [-0.2, 0) is 9.59 Å². The predicted molar refractivity (Wildman–Crippen MR) is 93.3 cm³/mol. The number of fused-ring (bicyclic) bond motifs is 1. The Morgan fingerprint density at radius 1 is 1.26 bits per heavy atom. The minimum Gasteiger partial charge on any atom is -0.477 e. The molecule has 2 heterocycles. The molecular formula is C15H24N2O4S2. The first-order valence-corrected chi connectivity index (χ1v) is 9.40. The lowest BCUT2D eigenvalue weighted by atomic mass is 9.95. The number of piperazine rings is 1. The molecule has 0 radical (unpaired) electrons. The van der Waals surface area contributed by atoms with Gasteiger partial charge in [-0.05, 0) is 26.7 Å². The molecule has 0 aromatic heterocycles. The highest BCUT2D eigenvalue weighted by molar-refractivity contribution is 8.26. The van der Waals surface area contributed by atoms with E-state index in [1.165, 1.54) is 23.5 Å². The highest BCUT2D eigenvalue weighted by atomic mass is 32.2. The molecule has 6 nitrogen and oxygen atoms in total. The van der Waals surface area contributed by atoms with Gasteiger partial charge in [0.2, 0.25) is 0 Å². The molecule has 2 saturated heterocycles. The molecule has 0 amide bonds. The van der Waals surface area contributed by atoms with E-state index in [9.17, 15) is 19.8 Å². The molecule has 23 heavy (non-hydrogen) atoms. The fourth-order valence-electron chi connectivity index (χ4n) is 3.52. The zero-order valence-electron chi connectivity index (χ0n) is 14.0. The Morgan fingerprint density at radius 2 is 1.83 bits per heavy atom. The van der Waals surface area contributed by atoms with Gasteiger partial charge in [0.25, 0.3) is 0 Å². The molecule has 0 bridgehead atoms. The topological polar surface area (TPSA) is 89.9 Å². The predicted octanol–water partition coefficient (Wildman–Crippen LogP) is 2.23. The first kappa shape index (κ1) is 18.6. The average Bonchev–Trinajstić information content (AvgIpc) is 2.76. The zero-order valence-corrected chi connectivity index (χ0v) is 15.6. The molecule has 2 aliphatic rings. The quantitative estimate of drug-likeness (QED) is 0.399. The second-order valence-corrected chi connectivity index (χ2v) is 9.18. The van der Waals surface area contributed by atoms with Crippen LogP contribution in [0, 0.1) is 5.92 Å². The summed E-state index contributed by atoms with van der Waals surface area (Å²) in [5.74, 6) is -2.53. The Labute approximate surface area is 145 Å². The molecular weight excluding hydrogens is 336 g/mol. The van der Waals surface area contributed by atoms with Crippen LogP contribution < -0.4 is 5.32 Å². The molecule has 130 valence electrons. The summed E-state index contributed by atoms with van der Waals surface area (Å²) >= 11 is 2.74. The van der Waals surface area contributed by atoms with E-state index in [1.807, 2.05) is 0 Å². The first-order valence-electron chi connectivity index (χ1n) is 7.71. The number of carbonyl (C=O) groups is 2. The van der Waals surface area contributed by atoms with Crippen LogP contribution in [0.2, 0.25) is 0 Å². The Bertz CT molecular complexity index is 534. The fourth-order valence-corrected chi connectivity index (χ4v) is 7.44. The van der Waals surface area contributed by atoms with Crippen molar-refractivity contribution in [1.29, 1.82) is 0 Å². The molecule has 2 fully saturated rings. The van der Waals surface area contributed by atoms with E-state index in [-0.39, 0.29) is 22.2 Å². The maximum atomic E-state index is 11.4. The largest absolute Gasteiger partial charge is 0.477 e. The minimum atomic E-state index is -1.38. The summed E-state index contributed by atoms with van der Waals surface area (Å²) < 4.78 is 0.385. The van der Waals surface area contributed by atoms with E-state index in [1.54, 1.807) is 0 Å². The van der Waals surface area contributed by atoms with Crippen LogP contribution in [-0.4, -0.2) is 55.9 Å². The maximum Gasteiger partial charge on any atom is 0.344 e. The monoisotopic (exact) mass is 360 g/mol. The molecule has 0 spiro atoms. The smallest absolute Gasteiger partial charge is 0.344 e. The number of nitrogens with zero attached hydrogens (tertiary/aromatic N) is 1. The second kappa shape index (κ2) is 6.66. The molecule has 0 aromatic rings. The van der Waals surface area contributed by atoms with Crippen molar-refractivity contribution in [1.82, 2.24) is 10.2 Å². The van der Waals surface area contributed by atoms with Crippen LogP contribution in [0.25, 0.3) is 0 Å². The molecule has 3 N–H and O–H groups in total. The summed E-state index contributed by atoms with van der Waals surface area (Å²) in [4.78, 5) is 24.8. The van der Waals surface area contributed by atoms with Gasteiger partial charge >= 0.3 is 11.9 Å². The Hall–Kier alpha value is -0.700. The standard InChI is InChI=1S/C15H24N2O4S2/c1-7(2)15-14(16-6-9(5)17(15)8(3)4)22-13(23-15)10(11(18)19)12(20)21/h7-9,14,16H,6H2,1-5H3,(H,18,19)(H,20,21). The SMILES string of the molecule is CC(C)N1C(C)CNC2SC(=C(C(=O)O)C(=O)O)SC21C(C)C. The number of thioether (sulfide) groups is 2. The van der Waals surface area contributed by atoms with Gasteiger partial charge in [-0.25, -0.2) is 9.59 Å². The summed E-state index contributed by atoms with van der Waals surface area (Å²) in [6.45, 7) is 11.4. The molecule has 0 aromatic carbocycles. The summed E-state index contributed by atoms with van der Waals surface area (Å²) in [5.41, 5.74) is -0.521. The van der Waals surface area contributed by atoms with Gasteiger partial charge in [-0.15, -0.1) is 0 Å². The van der Waals surface area contributed by atoms with Crippen LogP contribution in [0.5, 0.6) is 0 Å². The van der Waals surface area contributed by atoms with Crippen LogP contribution >= 0.6 is 23.5 Å². The molecule has 3 unspecified atom stereocenters. The van der Waals surface area contributed by atoms with Crippen molar-refractivity contribution in [2.24, 2.45) is 5.92 Å². The summed E-state index contributed by atoms with van der Waals surface area (Å²) in [5, 5.41) is 22.0. The lowest BCUT2D eigenvalue weighted by molar-refractivity contribution is -0.140. The van der Waals surface area contributed by atoms with E-state index in [4.69, 9.17) is 0 Å². The van der Waals surface area contributed by atoms with Crippen molar-refractivity contribution in [3.8, 4) is 0 Å². The normalized spacial score (nSPS) is 31.5. The molecule has 0 aliphatic carbocycles. The summed E-state index contributed by atoms with van der Waals surface area (Å²) in [6, 6.07) is 0.571. The van der Waals surface area contributed by atoms with Crippen molar-refractivity contribution in [2.75, 3.05) is 6.54 Å². The number of aliphatic carboxylic acids is 2. The van der Waals surface area contributed by atoms with Gasteiger partial charge < -0.3 is 15.5 Å². The maximum absolute atomic E-state index is 11.4.